The summed E-state index contributed by atoms with van der Waals surface area (Å²) < 4.78 is 10.4. The van der Waals surface area contributed by atoms with Crippen LogP contribution in [0.3, 0.4) is 0 Å². The van der Waals surface area contributed by atoms with Crippen molar-refractivity contribution < 1.29 is 14.3 Å². The number of rotatable bonds is 5. The highest BCUT2D eigenvalue weighted by Gasteiger charge is 2.12. The number of hydrogen-bond acceptors (Lipinski definition) is 4. The first-order chi connectivity index (χ1) is 8.12. The van der Waals surface area contributed by atoms with Crippen LogP contribution in [0.4, 0.5) is 0 Å². The second kappa shape index (κ2) is 6.32. The number of hydrogen-bond donors (Lipinski definition) is 2. The van der Waals surface area contributed by atoms with E-state index in [1.165, 1.54) is 14.2 Å². The zero-order valence-corrected chi connectivity index (χ0v) is 10.5. The quantitative estimate of drug-likeness (QED) is 0.824. The molecule has 3 N–H and O–H groups in total. The van der Waals surface area contributed by atoms with Gasteiger partial charge in [0.25, 0.3) is 5.91 Å². The van der Waals surface area contributed by atoms with Gasteiger partial charge in [0.15, 0.2) is 18.1 Å². The minimum absolute atomic E-state index is 0.117. The first kappa shape index (κ1) is 13.6. The molecule has 0 unspecified atom stereocenters. The first-order valence-electron chi connectivity index (χ1n) is 5.02. The van der Waals surface area contributed by atoms with Gasteiger partial charge in [0.1, 0.15) is 0 Å². The van der Waals surface area contributed by atoms with E-state index in [0.29, 0.717) is 23.1 Å². The Kier molecular flexibility index (Phi) is 5.06. The van der Waals surface area contributed by atoms with Gasteiger partial charge in [-0.15, -0.1) is 0 Å². The number of nitrogens with two attached hydrogens (primary N) is 1. The summed E-state index contributed by atoms with van der Waals surface area (Å²) in [6.45, 7) is 0.236. The van der Waals surface area contributed by atoms with Gasteiger partial charge in [0.05, 0.1) is 12.1 Å². The number of methoxy groups -OCH3 is 1. The summed E-state index contributed by atoms with van der Waals surface area (Å²) in [4.78, 5) is 11.1. The van der Waals surface area contributed by atoms with Crippen molar-refractivity contribution in [1.82, 2.24) is 5.32 Å². The van der Waals surface area contributed by atoms with Gasteiger partial charge in [-0.1, -0.05) is 11.6 Å². The highest BCUT2D eigenvalue weighted by molar-refractivity contribution is 6.32. The van der Waals surface area contributed by atoms with E-state index in [4.69, 9.17) is 26.8 Å². The van der Waals surface area contributed by atoms with Crippen LogP contribution in [-0.2, 0) is 11.3 Å². The number of benzene rings is 1. The van der Waals surface area contributed by atoms with Crippen LogP contribution < -0.4 is 20.5 Å². The van der Waals surface area contributed by atoms with Crippen molar-refractivity contribution in [2.75, 3.05) is 20.8 Å². The zero-order chi connectivity index (χ0) is 12.8. The average Bonchev–Trinajstić information content (AvgIpc) is 2.35. The molecule has 6 heteroatoms. The fourth-order valence-corrected chi connectivity index (χ4v) is 1.53. The Morgan fingerprint density at radius 1 is 1.53 bits per heavy atom. The van der Waals surface area contributed by atoms with Crippen LogP contribution in [0.5, 0.6) is 11.5 Å². The molecule has 17 heavy (non-hydrogen) atoms. The van der Waals surface area contributed by atoms with Crippen molar-refractivity contribution in [2.45, 2.75) is 6.54 Å². The Bertz CT molecular complexity index is 410. The highest BCUT2D eigenvalue weighted by Crippen LogP contribution is 2.36. The molecule has 0 atom stereocenters. The minimum Gasteiger partial charge on any atom is -0.493 e. The lowest BCUT2D eigenvalue weighted by Gasteiger charge is -2.13. The molecule has 0 saturated carbocycles. The van der Waals surface area contributed by atoms with E-state index in [0.717, 1.165) is 5.56 Å². The third-order valence-corrected chi connectivity index (χ3v) is 2.43. The van der Waals surface area contributed by atoms with Crippen molar-refractivity contribution in [3.8, 4) is 11.5 Å². The van der Waals surface area contributed by atoms with Gasteiger partial charge in [0.2, 0.25) is 0 Å². The summed E-state index contributed by atoms with van der Waals surface area (Å²) in [5.74, 6) is 0.558. The van der Waals surface area contributed by atoms with E-state index in [1.54, 1.807) is 12.1 Å². The number of amides is 1. The van der Waals surface area contributed by atoms with Crippen molar-refractivity contribution in [2.24, 2.45) is 5.73 Å². The molecule has 0 aromatic heterocycles. The molecule has 1 amide bonds. The molecule has 0 radical (unpaired) electrons. The highest BCUT2D eigenvalue weighted by atomic mass is 35.5. The normalized spacial score (nSPS) is 9.88. The number of carbonyl (C=O) groups excluding carboxylic acids is 1. The molecule has 0 fully saturated rings. The first-order valence-corrected chi connectivity index (χ1v) is 5.40. The molecule has 0 heterocycles. The molecule has 1 aromatic carbocycles. The maximum absolute atomic E-state index is 11.1. The van der Waals surface area contributed by atoms with Crippen molar-refractivity contribution in [3.63, 3.8) is 0 Å². The van der Waals surface area contributed by atoms with Crippen molar-refractivity contribution >= 4 is 17.5 Å². The standard InChI is InChI=1S/C11H15ClN2O3/c1-14-10(15)6-17-11-8(12)3-7(5-13)4-9(11)16-2/h3-4H,5-6,13H2,1-2H3,(H,14,15). The van der Waals surface area contributed by atoms with Gasteiger partial charge >= 0.3 is 0 Å². The van der Waals surface area contributed by atoms with Crippen LogP contribution in [0.15, 0.2) is 12.1 Å². The molecular weight excluding hydrogens is 244 g/mol. The minimum atomic E-state index is -0.244. The third kappa shape index (κ3) is 3.51. The second-order valence-corrected chi connectivity index (χ2v) is 3.68. The SMILES string of the molecule is CNC(=O)COc1c(Cl)cc(CN)cc1OC. The van der Waals surface area contributed by atoms with Crippen LogP contribution >= 0.6 is 11.6 Å². The molecule has 5 nitrogen and oxygen atoms in total. The van der Waals surface area contributed by atoms with Crippen molar-refractivity contribution in [3.05, 3.63) is 22.7 Å². The molecule has 0 aliphatic heterocycles. The van der Waals surface area contributed by atoms with Gasteiger partial charge < -0.3 is 20.5 Å². The molecule has 0 aliphatic rings. The lowest BCUT2D eigenvalue weighted by atomic mass is 10.2. The number of nitrogens with one attached hydrogen (secondary N) is 1. The number of ether oxygens (including phenoxy) is 2. The fraction of sp³-hybridized carbons (Fsp3) is 0.364. The molecule has 0 aliphatic carbocycles. The Balaban J connectivity index is 2.93. The zero-order valence-electron chi connectivity index (χ0n) is 9.75. The Labute approximate surface area is 105 Å². The van der Waals surface area contributed by atoms with Gasteiger partial charge in [-0.2, -0.15) is 0 Å². The monoisotopic (exact) mass is 258 g/mol. The Morgan fingerprint density at radius 2 is 2.24 bits per heavy atom. The van der Waals surface area contributed by atoms with Crippen LogP contribution in [-0.4, -0.2) is 26.7 Å². The summed E-state index contributed by atoms with van der Waals surface area (Å²) in [6, 6.07) is 3.41. The van der Waals surface area contributed by atoms with Crippen LogP contribution in [0.25, 0.3) is 0 Å². The van der Waals surface area contributed by atoms with Gasteiger partial charge in [0, 0.05) is 13.6 Å². The Hall–Kier alpha value is -1.46. The van der Waals surface area contributed by atoms with E-state index < -0.39 is 0 Å². The third-order valence-electron chi connectivity index (χ3n) is 2.15. The van der Waals surface area contributed by atoms with E-state index >= 15 is 0 Å². The molecule has 1 rings (SSSR count). The lowest BCUT2D eigenvalue weighted by Crippen LogP contribution is -2.25. The summed E-state index contributed by atoms with van der Waals surface area (Å²) >= 11 is 6.03. The topological polar surface area (TPSA) is 73.6 Å². The number of halogens is 1. The predicted octanol–water partition coefficient (Wildman–Crippen LogP) is 0.932. The fourth-order valence-electron chi connectivity index (χ4n) is 1.24. The summed E-state index contributed by atoms with van der Waals surface area (Å²) in [5, 5.41) is 2.82. The summed E-state index contributed by atoms with van der Waals surface area (Å²) in [6.07, 6.45) is 0. The van der Waals surface area contributed by atoms with Crippen molar-refractivity contribution in [1.29, 1.82) is 0 Å². The van der Waals surface area contributed by atoms with E-state index in [2.05, 4.69) is 5.32 Å². The Morgan fingerprint density at radius 3 is 2.76 bits per heavy atom. The van der Waals surface area contributed by atoms with Crippen LogP contribution in [0.2, 0.25) is 5.02 Å². The molecular formula is C11H15ClN2O3. The lowest BCUT2D eigenvalue weighted by molar-refractivity contribution is -0.122. The molecule has 94 valence electrons. The van der Waals surface area contributed by atoms with E-state index in [-0.39, 0.29) is 12.5 Å². The second-order valence-electron chi connectivity index (χ2n) is 3.28. The molecule has 1 aromatic rings. The van der Waals surface area contributed by atoms with Gasteiger partial charge in [-0.25, -0.2) is 0 Å². The predicted molar refractivity (Wildman–Crippen MR) is 65.5 cm³/mol. The van der Waals surface area contributed by atoms with Crippen LogP contribution in [0, 0.1) is 0 Å². The molecule has 0 bridgehead atoms. The summed E-state index contributed by atoms with van der Waals surface area (Å²) in [7, 11) is 3.03. The van der Waals surface area contributed by atoms with E-state index in [9.17, 15) is 4.79 Å². The number of likely N-dealkylation sites (N-methyl/N-ethyl adjacent to an activating group) is 1. The number of carbonyl (C=O) groups is 1. The maximum atomic E-state index is 11.1. The van der Waals surface area contributed by atoms with Gasteiger partial charge in [-0.3, -0.25) is 4.79 Å². The smallest absolute Gasteiger partial charge is 0.257 e. The average molecular weight is 259 g/mol. The molecule has 0 spiro atoms. The van der Waals surface area contributed by atoms with Crippen LogP contribution in [0.1, 0.15) is 5.56 Å². The molecule has 0 saturated heterocycles. The summed E-state index contributed by atoms with van der Waals surface area (Å²) in [5.41, 5.74) is 6.35. The largest absolute Gasteiger partial charge is 0.493 e. The maximum Gasteiger partial charge on any atom is 0.257 e. The van der Waals surface area contributed by atoms with E-state index in [1.807, 2.05) is 0 Å². The van der Waals surface area contributed by atoms with Gasteiger partial charge in [-0.05, 0) is 17.7 Å².